The highest BCUT2D eigenvalue weighted by Gasteiger charge is 2.30. The van der Waals surface area contributed by atoms with E-state index in [1.54, 1.807) is 0 Å². The number of hydrogen-bond donors (Lipinski definition) is 1. The second-order valence-electron chi connectivity index (χ2n) is 5.46. The molecule has 0 aromatic rings. The van der Waals surface area contributed by atoms with Crippen LogP contribution in [0.3, 0.4) is 0 Å². The molecule has 0 aliphatic carbocycles. The minimum absolute atomic E-state index is 0.0762. The van der Waals surface area contributed by atoms with E-state index in [0.717, 1.165) is 12.8 Å². The molecule has 4 nitrogen and oxygen atoms in total. The minimum atomic E-state index is -0.363. The van der Waals surface area contributed by atoms with E-state index in [0.29, 0.717) is 19.0 Å². The third-order valence-electron chi connectivity index (χ3n) is 3.14. The Morgan fingerprint density at radius 1 is 1.47 bits per heavy atom. The summed E-state index contributed by atoms with van der Waals surface area (Å²) in [7, 11) is 0. The Morgan fingerprint density at radius 3 is 2.65 bits per heavy atom. The van der Waals surface area contributed by atoms with Gasteiger partial charge in [-0.25, -0.2) is 0 Å². The van der Waals surface area contributed by atoms with E-state index in [2.05, 4.69) is 20.8 Å². The van der Waals surface area contributed by atoms with E-state index in [9.17, 15) is 4.79 Å². The van der Waals surface area contributed by atoms with Gasteiger partial charge in [-0.3, -0.25) is 4.79 Å². The Morgan fingerprint density at radius 2 is 2.12 bits per heavy atom. The molecular weight excluding hydrogens is 216 g/mol. The molecule has 0 bridgehead atoms. The molecule has 1 amide bonds. The summed E-state index contributed by atoms with van der Waals surface area (Å²) in [6.45, 7) is 9.62. The van der Waals surface area contributed by atoms with Gasteiger partial charge in [-0.05, 0) is 25.7 Å². The van der Waals surface area contributed by atoms with Gasteiger partial charge in [0.1, 0.15) is 0 Å². The van der Waals surface area contributed by atoms with Crippen LogP contribution < -0.4 is 5.73 Å². The first kappa shape index (κ1) is 14.5. The van der Waals surface area contributed by atoms with Crippen LogP contribution in [0.5, 0.6) is 0 Å². The average molecular weight is 242 g/mol. The number of morpholine rings is 1. The van der Waals surface area contributed by atoms with Crippen molar-refractivity contribution < 1.29 is 9.53 Å². The Labute approximate surface area is 104 Å². The molecule has 1 rings (SSSR count). The number of amides is 1. The summed E-state index contributed by atoms with van der Waals surface area (Å²) in [5, 5.41) is 0. The molecule has 1 heterocycles. The molecule has 1 aliphatic heterocycles. The Balaban J connectivity index is 2.55. The number of nitrogens with two attached hydrogens (primary N) is 1. The van der Waals surface area contributed by atoms with E-state index in [4.69, 9.17) is 10.5 Å². The molecular formula is C13H26N2O2. The number of ether oxygens (including phenoxy) is 1. The van der Waals surface area contributed by atoms with Gasteiger partial charge in [-0.15, -0.1) is 0 Å². The highest BCUT2D eigenvalue weighted by Crippen LogP contribution is 2.15. The van der Waals surface area contributed by atoms with Crippen molar-refractivity contribution in [2.45, 2.75) is 58.8 Å². The van der Waals surface area contributed by atoms with Gasteiger partial charge in [-0.2, -0.15) is 0 Å². The van der Waals surface area contributed by atoms with Crippen LogP contribution in [0.25, 0.3) is 0 Å². The molecule has 3 atom stereocenters. The fourth-order valence-corrected chi connectivity index (χ4v) is 2.29. The van der Waals surface area contributed by atoms with E-state index in [-0.39, 0.29) is 24.2 Å². The summed E-state index contributed by atoms with van der Waals surface area (Å²) >= 11 is 0. The lowest BCUT2D eigenvalue weighted by Gasteiger charge is -2.37. The highest BCUT2D eigenvalue weighted by atomic mass is 16.5. The first-order valence-corrected chi connectivity index (χ1v) is 6.63. The second kappa shape index (κ2) is 6.36. The first-order valence-electron chi connectivity index (χ1n) is 6.63. The maximum absolute atomic E-state index is 12.2. The van der Waals surface area contributed by atoms with Crippen molar-refractivity contribution >= 4 is 5.91 Å². The van der Waals surface area contributed by atoms with Crippen LogP contribution in [0, 0.1) is 5.92 Å². The number of hydrogen-bond acceptors (Lipinski definition) is 3. The summed E-state index contributed by atoms with van der Waals surface area (Å²) in [6, 6.07) is -0.363. The quantitative estimate of drug-likeness (QED) is 0.810. The number of rotatable bonds is 4. The van der Waals surface area contributed by atoms with Gasteiger partial charge < -0.3 is 15.4 Å². The molecule has 0 saturated carbocycles. The van der Waals surface area contributed by atoms with E-state index >= 15 is 0 Å². The number of nitrogens with zero attached hydrogens (tertiary/aromatic N) is 1. The van der Waals surface area contributed by atoms with E-state index in [1.165, 1.54) is 0 Å². The first-order chi connectivity index (χ1) is 7.93. The maximum Gasteiger partial charge on any atom is 0.239 e. The molecule has 0 unspecified atom stereocenters. The smallest absolute Gasteiger partial charge is 0.239 e. The lowest BCUT2D eigenvalue weighted by atomic mass is 10.0. The zero-order valence-corrected chi connectivity index (χ0v) is 11.5. The van der Waals surface area contributed by atoms with Crippen molar-refractivity contribution in [3.63, 3.8) is 0 Å². The molecule has 0 spiro atoms. The van der Waals surface area contributed by atoms with Gasteiger partial charge in [0.25, 0.3) is 0 Å². The Kier molecular flexibility index (Phi) is 5.40. The molecule has 100 valence electrons. The summed E-state index contributed by atoms with van der Waals surface area (Å²) in [4.78, 5) is 14.1. The fourth-order valence-electron chi connectivity index (χ4n) is 2.29. The van der Waals surface area contributed by atoms with Crippen LogP contribution in [0.4, 0.5) is 0 Å². The zero-order valence-electron chi connectivity index (χ0n) is 11.5. The lowest BCUT2D eigenvalue weighted by molar-refractivity contribution is -0.146. The molecule has 0 aromatic carbocycles. The van der Waals surface area contributed by atoms with Gasteiger partial charge >= 0.3 is 0 Å². The minimum Gasteiger partial charge on any atom is -0.372 e. The lowest BCUT2D eigenvalue weighted by Crippen LogP contribution is -2.53. The molecule has 17 heavy (non-hydrogen) atoms. The molecule has 1 saturated heterocycles. The maximum atomic E-state index is 12.2. The predicted octanol–water partition coefficient (Wildman–Crippen LogP) is 1.39. The van der Waals surface area contributed by atoms with Crippen LogP contribution in [0.1, 0.15) is 40.5 Å². The van der Waals surface area contributed by atoms with Gasteiger partial charge in [0.15, 0.2) is 0 Å². The third kappa shape index (κ3) is 4.28. The predicted molar refractivity (Wildman–Crippen MR) is 68.6 cm³/mol. The molecule has 2 N–H and O–H groups in total. The normalized spacial score (nSPS) is 27.3. The SMILES string of the molecule is CC[C@H]1CN(C(=O)[C@@H](N)CC(C)C)C[C@@H](C)O1. The van der Waals surface area contributed by atoms with Crippen molar-refractivity contribution in [3.05, 3.63) is 0 Å². The molecule has 4 heteroatoms. The number of carbonyl (C=O) groups is 1. The van der Waals surface area contributed by atoms with Crippen molar-refractivity contribution in [1.29, 1.82) is 0 Å². The highest BCUT2D eigenvalue weighted by molar-refractivity contribution is 5.81. The van der Waals surface area contributed by atoms with Gasteiger partial charge in [0.05, 0.1) is 18.2 Å². The van der Waals surface area contributed by atoms with E-state index in [1.807, 2.05) is 11.8 Å². The van der Waals surface area contributed by atoms with Crippen molar-refractivity contribution in [2.75, 3.05) is 13.1 Å². The van der Waals surface area contributed by atoms with Crippen LogP contribution in [0.2, 0.25) is 0 Å². The van der Waals surface area contributed by atoms with Crippen molar-refractivity contribution in [3.8, 4) is 0 Å². The zero-order chi connectivity index (χ0) is 13.0. The van der Waals surface area contributed by atoms with Crippen LogP contribution in [-0.2, 0) is 9.53 Å². The summed E-state index contributed by atoms with van der Waals surface area (Å²) in [5.74, 6) is 0.529. The third-order valence-corrected chi connectivity index (χ3v) is 3.14. The fraction of sp³-hybridized carbons (Fsp3) is 0.923. The standard InChI is InChI=1S/C13H26N2O2/c1-5-11-8-15(7-10(4)17-11)13(16)12(14)6-9(2)3/h9-12H,5-8,14H2,1-4H3/t10-,11+,12+/m1/s1. The topological polar surface area (TPSA) is 55.6 Å². The largest absolute Gasteiger partial charge is 0.372 e. The van der Waals surface area contributed by atoms with Crippen molar-refractivity contribution in [1.82, 2.24) is 4.90 Å². The summed E-state index contributed by atoms with van der Waals surface area (Å²) < 4.78 is 5.74. The van der Waals surface area contributed by atoms with Gasteiger partial charge in [-0.1, -0.05) is 20.8 Å². The van der Waals surface area contributed by atoms with Crippen LogP contribution >= 0.6 is 0 Å². The number of carbonyl (C=O) groups excluding carboxylic acids is 1. The van der Waals surface area contributed by atoms with Crippen LogP contribution in [-0.4, -0.2) is 42.1 Å². The Hall–Kier alpha value is -0.610. The van der Waals surface area contributed by atoms with Crippen LogP contribution in [0.15, 0.2) is 0 Å². The monoisotopic (exact) mass is 242 g/mol. The Bertz CT molecular complexity index is 256. The molecule has 0 radical (unpaired) electrons. The molecule has 1 fully saturated rings. The molecule has 0 aromatic heterocycles. The van der Waals surface area contributed by atoms with Gasteiger partial charge in [0, 0.05) is 13.1 Å². The van der Waals surface area contributed by atoms with Crippen molar-refractivity contribution in [2.24, 2.45) is 11.7 Å². The second-order valence-corrected chi connectivity index (χ2v) is 5.46. The molecule has 1 aliphatic rings. The average Bonchev–Trinajstić information content (AvgIpc) is 2.26. The van der Waals surface area contributed by atoms with Gasteiger partial charge in [0.2, 0.25) is 5.91 Å². The summed E-state index contributed by atoms with van der Waals surface area (Å²) in [6.07, 6.45) is 1.97. The van der Waals surface area contributed by atoms with E-state index < -0.39 is 0 Å². The summed E-state index contributed by atoms with van der Waals surface area (Å²) in [5.41, 5.74) is 5.95.